The summed E-state index contributed by atoms with van der Waals surface area (Å²) in [5.74, 6) is 1.94. The maximum Gasteiger partial charge on any atom is 0.148 e. The Kier molecular flexibility index (Phi) is 6.09. The number of benzene rings is 2. The average Bonchev–Trinajstić information content (AvgIpc) is 2.75. The van der Waals surface area contributed by atoms with Crippen molar-refractivity contribution in [2.45, 2.75) is 19.4 Å². The van der Waals surface area contributed by atoms with Crippen LogP contribution in [0.4, 0.5) is 5.82 Å². The molecule has 1 aromatic heterocycles. The standard InChI is InChI=1S/C23H27ClN4O2/c1-4-20(27(2)3)22-25-19-7-5-15(17-14-16(24)6-8-21(17)29)13-18(19)23(26-22)28-9-11-30-12-10-28/h5-8,13-14,20,29H,4,9-12H2,1-3H3. The van der Waals surface area contributed by atoms with Crippen molar-refractivity contribution in [3.05, 3.63) is 47.2 Å². The number of ether oxygens (including phenoxy) is 1. The zero-order chi connectivity index (χ0) is 21.3. The molecule has 1 saturated heterocycles. The van der Waals surface area contributed by atoms with E-state index in [0.29, 0.717) is 23.8 Å². The van der Waals surface area contributed by atoms with Crippen LogP contribution in [0, 0.1) is 0 Å². The largest absolute Gasteiger partial charge is 0.507 e. The Hall–Kier alpha value is -2.41. The molecule has 3 aromatic rings. The van der Waals surface area contributed by atoms with E-state index in [1.807, 2.05) is 18.2 Å². The molecule has 0 radical (unpaired) electrons. The van der Waals surface area contributed by atoms with Gasteiger partial charge in [0, 0.05) is 29.1 Å². The number of hydrogen-bond donors (Lipinski definition) is 1. The molecule has 2 aromatic carbocycles. The van der Waals surface area contributed by atoms with Crippen molar-refractivity contribution in [2.24, 2.45) is 0 Å². The van der Waals surface area contributed by atoms with E-state index < -0.39 is 0 Å². The van der Waals surface area contributed by atoms with Crippen molar-refractivity contribution in [1.82, 2.24) is 14.9 Å². The second-order valence-electron chi connectivity index (χ2n) is 7.79. The molecule has 0 spiro atoms. The van der Waals surface area contributed by atoms with Gasteiger partial charge in [-0.25, -0.2) is 9.97 Å². The number of fused-ring (bicyclic) bond motifs is 1. The number of aromatic nitrogens is 2. The third kappa shape index (κ3) is 4.08. The molecule has 6 nitrogen and oxygen atoms in total. The first-order valence-electron chi connectivity index (χ1n) is 10.3. The minimum Gasteiger partial charge on any atom is -0.507 e. The molecule has 0 bridgehead atoms. The molecule has 30 heavy (non-hydrogen) atoms. The van der Waals surface area contributed by atoms with E-state index >= 15 is 0 Å². The summed E-state index contributed by atoms with van der Waals surface area (Å²) in [5, 5.41) is 11.9. The number of aromatic hydroxyl groups is 1. The molecule has 1 N–H and O–H groups in total. The zero-order valence-corrected chi connectivity index (χ0v) is 18.4. The molecule has 158 valence electrons. The summed E-state index contributed by atoms with van der Waals surface area (Å²) in [4.78, 5) is 14.3. The molecule has 1 atom stereocenters. The number of rotatable bonds is 5. The lowest BCUT2D eigenvalue weighted by Gasteiger charge is -2.30. The molecule has 2 heterocycles. The van der Waals surface area contributed by atoms with Crippen molar-refractivity contribution in [2.75, 3.05) is 45.3 Å². The Balaban J connectivity index is 1.90. The maximum absolute atomic E-state index is 10.4. The minimum atomic E-state index is 0.144. The van der Waals surface area contributed by atoms with Crippen molar-refractivity contribution in [1.29, 1.82) is 0 Å². The van der Waals surface area contributed by atoms with Crippen LogP contribution in [-0.2, 0) is 4.74 Å². The van der Waals surface area contributed by atoms with Gasteiger partial charge in [0.15, 0.2) is 0 Å². The molecule has 7 heteroatoms. The average molecular weight is 427 g/mol. The van der Waals surface area contributed by atoms with Crippen LogP contribution in [0.15, 0.2) is 36.4 Å². The van der Waals surface area contributed by atoms with Crippen LogP contribution < -0.4 is 4.90 Å². The smallest absolute Gasteiger partial charge is 0.148 e. The van der Waals surface area contributed by atoms with E-state index in [1.54, 1.807) is 18.2 Å². The van der Waals surface area contributed by atoms with Crippen LogP contribution in [0.25, 0.3) is 22.0 Å². The highest BCUT2D eigenvalue weighted by atomic mass is 35.5. The normalized spacial score (nSPS) is 15.7. The highest BCUT2D eigenvalue weighted by Crippen LogP contribution is 2.36. The van der Waals surface area contributed by atoms with Gasteiger partial charge in [0.1, 0.15) is 17.4 Å². The summed E-state index contributed by atoms with van der Waals surface area (Å²) in [6.45, 7) is 5.09. The Labute approximate surface area is 182 Å². The van der Waals surface area contributed by atoms with E-state index in [4.69, 9.17) is 26.3 Å². The quantitative estimate of drug-likeness (QED) is 0.647. The predicted molar refractivity (Wildman–Crippen MR) is 121 cm³/mol. The number of anilines is 1. The topological polar surface area (TPSA) is 61.7 Å². The van der Waals surface area contributed by atoms with Gasteiger partial charge >= 0.3 is 0 Å². The number of hydrogen-bond acceptors (Lipinski definition) is 6. The van der Waals surface area contributed by atoms with Crippen LogP contribution in [0.1, 0.15) is 25.2 Å². The van der Waals surface area contributed by atoms with Crippen molar-refractivity contribution in [3.8, 4) is 16.9 Å². The lowest BCUT2D eigenvalue weighted by Crippen LogP contribution is -2.37. The lowest BCUT2D eigenvalue weighted by atomic mass is 10.0. The van der Waals surface area contributed by atoms with Gasteiger partial charge in [0.05, 0.1) is 24.8 Å². The Morgan fingerprint density at radius 3 is 2.60 bits per heavy atom. The molecule has 1 fully saturated rings. The number of morpholine rings is 1. The van der Waals surface area contributed by atoms with Crippen LogP contribution >= 0.6 is 11.6 Å². The van der Waals surface area contributed by atoms with E-state index in [2.05, 4.69) is 30.8 Å². The van der Waals surface area contributed by atoms with Crippen LogP contribution in [0.3, 0.4) is 0 Å². The van der Waals surface area contributed by atoms with Gasteiger partial charge in [-0.15, -0.1) is 0 Å². The number of phenolic OH excluding ortho intramolecular Hbond substituents is 1. The lowest BCUT2D eigenvalue weighted by molar-refractivity contribution is 0.122. The van der Waals surface area contributed by atoms with Gasteiger partial charge in [-0.1, -0.05) is 24.6 Å². The van der Waals surface area contributed by atoms with Crippen LogP contribution in [-0.4, -0.2) is 60.4 Å². The number of nitrogens with zero attached hydrogens (tertiary/aromatic N) is 4. The van der Waals surface area contributed by atoms with Crippen LogP contribution in [0.2, 0.25) is 5.02 Å². The van der Waals surface area contributed by atoms with Gasteiger partial charge in [0.25, 0.3) is 0 Å². The fourth-order valence-electron chi connectivity index (χ4n) is 3.98. The van der Waals surface area contributed by atoms with Crippen LogP contribution in [0.5, 0.6) is 5.75 Å². The van der Waals surface area contributed by atoms with Gasteiger partial charge in [-0.3, -0.25) is 4.90 Å². The number of phenols is 1. The summed E-state index contributed by atoms with van der Waals surface area (Å²) >= 11 is 6.18. The molecule has 0 amide bonds. The Bertz CT molecular complexity index is 1050. The SMILES string of the molecule is CCC(c1nc(N2CCOCC2)c2cc(-c3cc(Cl)ccc3O)ccc2n1)N(C)C. The highest BCUT2D eigenvalue weighted by Gasteiger charge is 2.22. The molecule has 1 unspecified atom stereocenters. The predicted octanol–water partition coefficient (Wildman–Crippen LogP) is 4.51. The summed E-state index contributed by atoms with van der Waals surface area (Å²) in [5.41, 5.74) is 2.47. The third-order valence-corrected chi connectivity index (χ3v) is 5.82. The first kappa shape index (κ1) is 20.8. The zero-order valence-electron chi connectivity index (χ0n) is 17.6. The first-order valence-corrected chi connectivity index (χ1v) is 10.7. The van der Waals surface area contributed by atoms with Gasteiger partial charge in [-0.05, 0) is 56.4 Å². The summed E-state index contributed by atoms with van der Waals surface area (Å²) in [7, 11) is 4.11. The molecule has 0 aliphatic carbocycles. The molecule has 1 aliphatic rings. The highest BCUT2D eigenvalue weighted by molar-refractivity contribution is 6.31. The number of halogens is 1. The third-order valence-electron chi connectivity index (χ3n) is 5.58. The molecular weight excluding hydrogens is 400 g/mol. The van der Waals surface area contributed by atoms with Crippen molar-refractivity contribution in [3.63, 3.8) is 0 Å². The second kappa shape index (κ2) is 8.76. The molecule has 0 saturated carbocycles. The maximum atomic E-state index is 10.4. The van der Waals surface area contributed by atoms with Gasteiger partial charge in [0.2, 0.25) is 0 Å². The fraction of sp³-hybridized carbons (Fsp3) is 0.391. The Morgan fingerprint density at radius 2 is 1.90 bits per heavy atom. The summed E-state index contributed by atoms with van der Waals surface area (Å²) in [6.07, 6.45) is 0.926. The van der Waals surface area contributed by atoms with E-state index in [9.17, 15) is 5.11 Å². The van der Waals surface area contributed by atoms with Crippen molar-refractivity contribution >= 4 is 28.3 Å². The molecular formula is C23H27ClN4O2. The van der Waals surface area contributed by atoms with E-state index in [1.165, 1.54) is 0 Å². The Morgan fingerprint density at radius 1 is 1.13 bits per heavy atom. The monoisotopic (exact) mass is 426 g/mol. The summed E-state index contributed by atoms with van der Waals surface area (Å²) in [6, 6.07) is 11.3. The van der Waals surface area contributed by atoms with E-state index in [0.717, 1.165) is 47.6 Å². The molecule has 1 aliphatic heterocycles. The minimum absolute atomic E-state index is 0.144. The fourth-order valence-corrected chi connectivity index (χ4v) is 4.15. The van der Waals surface area contributed by atoms with Gasteiger partial charge in [-0.2, -0.15) is 0 Å². The van der Waals surface area contributed by atoms with Gasteiger partial charge < -0.3 is 14.7 Å². The van der Waals surface area contributed by atoms with E-state index in [-0.39, 0.29) is 11.8 Å². The summed E-state index contributed by atoms with van der Waals surface area (Å²) < 4.78 is 5.55. The first-order chi connectivity index (χ1) is 14.5. The molecule has 4 rings (SSSR count). The second-order valence-corrected chi connectivity index (χ2v) is 8.22. The van der Waals surface area contributed by atoms with Crippen molar-refractivity contribution < 1.29 is 9.84 Å².